The Labute approximate surface area is 154 Å². The van der Waals surface area contributed by atoms with E-state index in [9.17, 15) is 4.79 Å². The summed E-state index contributed by atoms with van der Waals surface area (Å²) in [6, 6.07) is 2.39. The van der Waals surface area contributed by atoms with E-state index >= 15 is 0 Å². The van der Waals surface area contributed by atoms with Gasteiger partial charge in [-0.1, -0.05) is 6.92 Å². The fraction of sp³-hybridized carbons (Fsp3) is 0.632. The lowest BCUT2D eigenvalue weighted by Gasteiger charge is -2.37. The van der Waals surface area contributed by atoms with Crippen molar-refractivity contribution < 1.29 is 4.79 Å². The second-order valence-corrected chi connectivity index (χ2v) is 7.48. The third-order valence-corrected chi connectivity index (χ3v) is 5.88. The van der Waals surface area contributed by atoms with Gasteiger partial charge in [0.05, 0.1) is 17.1 Å². The van der Waals surface area contributed by atoms with Crippen LogP contribution in [0.5, 0.6) is 0 Å². The number of carbonyl (C=O) groups excluding carboxylic acids is 1. The lowest BCUT2D eigenvalue weighted by Crippen LogP contribution is -2.51. The van der Waals surface area contributed by atoms with E-state index in [1.165, 1.54) is 0 Å². The SMILES string of the molecule is CCN1CCN([C@H]2CCN(C(=O)c3cc(C)nc4c3cnn4C)C2)CC1. The molecule has 7 nitrogen and oxygen atoms in total. The van der Waals surface area contributed by atoms with Crippen LogP contribution in [0.25, 0.3) is 11.0 Å². The summed E-state index contributed by atoms with van der Waals surface area (Å²) in [5.74, 6) is 0.114. The molecule has 2 saturated heterocycles. The maximum Gasteiger partial charge on any atom is 0.254 e. The molecule has 0 bridgehead atoms. The molecule has 0 radical (unpaired) electrons. The van der Waals surface area contributed by atoms with Crippen LogP contribution < -0.4 is 0 Å². The third-order valence-electron chi connectivity index (χ3n) is 5.88. The van der Waals surface area contributed by atoms with Crippen LogP contribution in [0, 0.1) is 6.92 Å². The van der Waals surface area contributed by atoms with E-state index in [2.05, 4.69) is 26.8 Å². The highest BCUT2D eigenvalue weighted by Gasteiger charge is 2.33. The molecule has 1 atom stereocenters. The van der Waals surface area contributed by atoms with E-state index < -0.39 is 0 Å². The Morgan fingerprint density at radius 2 is 2.00 bits per heavy atom. The number of aryl methyl sites for hydroxylation is 2. The highest BCUT2D eigenvalue weighted by Crippen LogP contribution is 2.23. The first-order valence-electron chi connectivity index (χ1n) is 9.62. The highest BCUT2D eigenvalue weighted by molar-refractivity contribution is 6.05. The van der Waals surface area contributed by atoms with Gasteiger partial charge in [-0.15, -0.1) is 0 Å². The maximum absolute atomic E-state index is 13.2. The van der Waals surface area contributed by atoms with E-state index in [4.69, 9.17) is 0 Å². The van der Waals surface area contributed by atoms with E-state index in [-0.39, 0.29) is 5.91 Å². The summed E-state index contributed by atoms with van der Waals surface area (Å²) in [6.07, 6.45) is 2.82. The molecule has 2 aromatic heterocycles. The summed E-state index contributed by atoms with van der Waals surface area (Å²) in [7, 11) is 1.87. The van der Waals surface area contributed by atoms with Crippen LogP contribution >= 0.6 is 0 Å². The average molecular weight is 356 g/mol. The molecule has 0 N–H and O–H groups in total. The number of amides is 1. The monoisotopic (exact) mass is 356 g/mol. The number of carbonyl (C=O) groups is 1. The molecule has 0 unspecified atom stereocenters. The Bertz CT molecular complexity index is 808. The molecule has 0 aliphatic carbocycles. The Hall–Kier alpha value is -1.99. The van der Waals surface area contributed by atoms with Gasteiger partial charge < -0.3 is 9.80 Å². The zero-order valence-corrected chi connectivity index (χ0v) is 16.0. The van der Waals surface area contributed by atoms with E-state index in [0.29, 0.717) is 6.04 Å². The number of piperazine rings is 1. The smallest absolute Gasteiger partial charge is 0.254 e. The van der Waals surface area contributed by atoms with Gasteiger partial charge in [0.1, 0.15) is 0 Å². The molecule has 2 aliphatic rings. The standard InChI is InChI=1S/C19H28N6O/c1-4-23-7-9-24(10-8-23)15-5-6-25(13-15)19(26)16-11-14(2)21-18-17(16)12-20-22(18)3/h11-12,15H,4-10,13H2,1-3H3/t15-/m0/s1. The normalized spacial score (nSPS) is 22.4. The molecular weight excluding hydrogens is 328 g/mol. The number of aromatic nitrogens is 3. The molecule has 2 aliphatic heterocycles. The van der Waals surface area contributed by atoms with Crippen LogP contribution in [0.15, 0.2) is 12.3 Å². The van der Waals surface area contributed by atoms with Gasteiger partial charge in [-0.05, 0) is 26.0 Å². The highest BCUT2D eigenvalue weighted by atomic mass is 16.2. The van der Waals surface area contributed by atoms with Crippen molar-refractivity contribution in [2.75, 3.05) is 45.8 Å². The van der Waals surface area contributed by atoms with Crippen molar-refractivity contribution in [1.82, 2.24) is 29.5 Å². The van der Waals surface area contributed by atoms with Gasteiger partial charge in [-0.3, -0.25) is 14.4 Å². The molecule has 1 amide bonds. The minimum Gasteiger partial charge on any atom is -0.337 e. The Morgan fingerprint density at radius 1 is 1.23 bits per heavy atom. The van der Waals surface area contributed by atoms with Crippen molar-refractivity contribution in [2.45, 2.75) is 26.3 Å². The minimum atomic E-state index is 0.114. The van der Waals surface area contributed by atoms with Crippen LogP contribution in [0.4, 0.5) is 0 Å². The van der Waals surface area contributed by atoms with Crippen molar-refractivity contribution >= 4 is 16.9 Å². The topological polar surface area (TPSA) is 57.5 Å². The number of rotatable bonds is 3. The number of likely N-dealkylation sites (tertiary alicyclic amines) is 1. The first-order valence-corrected chi connectivity index (χ1v) is 9.62. The molecular formula is C19H28N6O. The first-order chi connectivity index (χ1) is 12.6. The molecule has 2 aromatic rings. The van der Waals surface area contributed by atoms with Crippen LogP contribution in [0.3, 0.4) is 0 Å². The van der Waals surface area contributed by atoms with Crippen molar-refractivity contribution in [3.8, 4) is 0 Å². The van der Waals surface area contributed by atoms with Crippen molar-refractivity contribution in [3.05, 3.63) is 23.5 Å². The summed E-state index contributed by atoms with van der Waals surface area (Å²) < 4.78 is 1.74. The number of hydrogen-bond acceptors (Lipinski definition) is 5. The number of likely N-dealkylation sites (N-methyl/N-ethyl adjacent to an activating group) is 1. The summed E-state index contributed by atoms with van der Waals surface area (Å²) in [5, 5.41) is 5.13. The lowest BCUT2D eigenvalue weighted by atomic mass is 10.1. The molecule has 0 saturated carbocycles. The van der Waals surface area contributed by atoms with Crippen LogP contribution in [0.2, 0.25) is 0 Å². The predicted molar refractivity (Wildman–Crippen MR) is 101 cm³/mol. The Morgan fingerprint density at radius 3 is 2.73 bits per heavy atom. The second kappa shape index (κ2) is 6.96. The zero-order valence-electron chi connectivity index (χ0n) is 16.0. The summed E-state index contributed by atoms with van der Waals surface area (Å²) in [6.45, 7) is 11.5. The predicted octanol–water partition coefficient (Wildman–Crippen LogP) is 1.13. The van der Waals surface area contributed by atoms with Gasteiger partial charge in [-0.25, -0.2) is 4.98 Å². The van der Waals surface area contributed by atoms with Gasteiger partial charge in [0.25, 0.3) is 5.91 Å². The van der Waals surface area contributed by atoms with Gasteiger partial charge in [-0.2, -0.15) is 5.10 Å². The maximum atomic E-state index is 13.2. The molecule has 140 valence electrons. The number of nitrogens with zero attached hydrogens (tertiary/aromatic N) is 6. The Kier molecular flexibility index (Phi) is 4.67. The minimum absolute atomic E-state index is 0.114. The van der Waals surface area contributed by atoms with Crippen molar-refractivity contribution in [2.24, 2.45) is 7.05 Å². The fourth-order valence-electron chi connectivity index (χ4n) is 4.26. The van der Waals surface area contributed by atoms with E-state index in [1.54, 1.807) is 10.9 Å². The summed E-state index contributed by atoms with van der Waals surface area (Å²) in [4.78, 5) is 24.8. The molecule has 2 fully saturated rings. The summed E-state index contributed by atoms with van der Waals surface area (Å²) in [5.41, 5.74) is 2.37. The fourth-order valence-corrected chi connectivity index (χ4v) is 4.26. The molecule has 4 heterocycles. The molecule has 7 heteroatoms. The second-order valence-electron chi connectivity index (χ2n) is 7.48. The van der Waals surface area contributed by atoms with E-state index in [0.717, 1.165) is 74.5 Å². The van der Waals surface area contributed by atoms with Gasteiger partial charge in [0.15, 0.2) is 5.65 Å². The van der Waals surface area contributed by atoms with Gasteiger partial charge >= 0.3 is 0 Å². The van der Waals surface area contributed by atoms with Gasteiger partial charge in [0, 0.05) is 58.1 Å². The zero-order chi connectivity index (χ0) is 18.3. The number of hydrogen-bond donors (Lipinski definition) is 0. The average Bonchev–Trinajstić information content (AvgIpc) is 3.28. The van der Waals surface area contributed by atoms with Crippen molar-refractivity contribution in [3.63, 3.8) is 0 Å². The van der Waals surface area contributed by atoms with Crippen LogP contribution in [0.1, 0.15) is 29.4 Å². The molecule has 0 aromatic carbocycles. The number of pyridine rings is 1. The lowest BCUT2D eigenvalue weighted by molar-refractivity contribution is 0.0747. The summed E-state index contributed by atoms with van der Waals surface area (Å²) >= 11 is 0. The quantitative estimate of drug-likeness (QED) is 0.825. The first kappa shape index (κ1) is 17.4. The van der Waals surface area contributed by atoms with E-state index in [1.807, 2.05) is 24.9 Å². The van der Waals surface area contributed by atoms with Crippen LogP contribution in [-0.4, -0.2) is 87.2 Å². The molecule has 26 heavy (non-hydrogen) atoms. The van der Waals surface area contributed by atoms with Crippen molar-refractivity contribution in [1.29, 1.82) is 0 Å². The van der Waals surface area contributed by atoms with Crippen LogP contribution in [-0.2, 0) is 7.05 Å². The van der Waals surface area contributed by atoms with Gasteiger partial charge in [0.2, 0.25) is 0 Å². The largest absolute Gasteiger partial charge is 0.337 e. The Balaban J connectivity index is 1.49. The number of fused-ring (bicyclic) bond motifs is 1. The third kappa shape index (κ3) is 3.10. The molecule has 4 rings (SSSR count). The molecule has 0 spiro atoms.